The van der Waals surface area contributed by atoms with Gasteiger partial charge in [-0.1, -0.05) is 19.1 Å². The van der Waals surface area contributed by atoms with Crippen LogP contribution in [0.25, 0.3) is 0 Å². The summed E-state index contributed by atoms with van der Waals surface area (Å²) in [5.41, 5.74) is 0.481. The fraction of sp³-hybridized carbons (Fsp3) is 0.538. The second-order valence-corrected chi connectivity index (χ2v) is 8.80. The van der Waals surface area contributed by atoms with Crippen molar-refractivity contribution in [1.29, 1.82) is 0 Å². The quantitative estimate of drug-likeness (QED) is 0.663. The molecule has 0 radical (unpaired) electrons. The van der Waals surface area contributed by atoms with Crippen LogP contribution >= 0.6 is 0 Å². The van der Waals surface area contributed by atoms with Crippen LogP contribution in [0, 0.1) is 0 Å². The van der Waals surface area contributed by atoms with Crippen LogP contribution in [0.1, 0.15) is 19.8 Å². The highest BCUT2D eigenvalue weighted by Gasteiger charge is 2.17. The molecule has 0 aliphatic heterocycles. The van der Waals surface area contributed by atoms with E-state index in [0.717, 1.165) is 0 Å². The van der Waals surface area contributed by atoms with E-state index in [-0.39, 0.29) is 10.6 Å². The molecule has 0 heterocycles. The van der Waals surface area contributed by atoms with Crippen LogP contribution in [-0.2, 0) is 19.9 Å². The van der Waals surface area contributed by atoms with Gasteiger partial charge in [-0.3, -0.25) is 0 Å². The van der Waals surface area contributed by atoms with Gasteiger partial charge in [-0.15, -0.1) is 0 Å². The Morgan fingerprint density at radius 1 is 1.05 bits per heavy atom. The predicted octanol–water partition coefficient (Wildman–Crippen LogP) is 1.22. The van der Waals surface area contributed by atoms with Crippen LogP contribution in [-0.4, -0.2) is 41.9 Å². The van der Waals surface area contributed by atoms with Crippen molar-refractivity contribution in [2.24, 2.45) is 0 Å². The summed E-state index contributed by atoms with van der Waals surface area (Å²) in [4.78, 5) is 0.179. The molecule has 0 bridgehead atoms. The summed E-state index contributed by atoms with van der Waals surface area (Å²) < 4.78 is 48.9. The number of hydrogen-bond donors (Lipinski definition) is 2. The van der Waals surface area contributed by atoms with Crippen molar-refractivity contribution in [3.63, 3.8) is 0 Å². The zero-order valence-electron chi connectivity index (χ0n) is 12.3. The molecule has 1 rings (SSSR count). The van der Waals surface area contributed by atoms with E-state index in [1.54, 1.807) is 18.2 Å². The van der Waals surface area contributed by atoms with Crippen molar-refractivity contribution >= 4 is 25.5 Å². The Hall–Kier alpha value is -1.12. The van der Waals surface area contributed by atoms with Crippen LogP contribution < -0.4 is 10.0 Å². The number of para-hydroxylation sites is 1. The van der Waals surface area contributed by atoms with Gasteiger partial charge < -0.3 is 5.32 Å². The Morgan fingerprint density at radius 3 is 2.33 bits per heavy atom. The lowest BCUT2D eigenvalue weighted by Crippen LogP contribution is -2.25. The first-order valence-electron chi connectivity index (χ1n) is 6.76. The molecular weight excluding hydrogens is 312 g/mol. The molecule has 1 aromatic carbocycles. The van der Waals surface area contributed by atoms with Gasteiger partial charge in [0.25, 0.3) is 0 Å². The number of rotatable bonds is 9. The van der Waals surface area contributed by atoms with E-state index in [0.29, 0.717) is 31.6 Å². The molecular formula is C13H22N2O4S2. The Balaban J connectivity index is 2.76. The summed E-state index contributed by atoms with van der Waals surface area (Å²) in [5.74, 6) is 0.0724. The first-order chi connectivity index (χ1) is 9.76. The molecule has 0 fully saturated rings. The van der Waals surface area contributed by atoms with E-state index in [1.807, 2.05) is 6.92 Å². The number of hydrogen-bond acceptors (Lipinski definition) is 5. The molecule has 0 aromatic heterocycles. The first-order valence-corrected chi connectivity index (χ1v) is 10.3. The second-order valence-electron chi connectivity index (χ2n) is 4.80. The van der Waals surface area contributed by atoms with Crippen LogP contribution in [0.15, 0.2) is 29.2 Å². The third-order valence-corrected chi connectivity index (χ3v) is 5.28. The van der Waals surface area contributed by atoms with Gasteiger partial charge in [0.15, 0.2) is 0 Å². The van der Waals surface area contributed by atoms with Crippen LogP contribution in [0.5, 0.6) is 0 Å². The maximum atomic E-state index is 12.2. The maximum Gasteiger partial charge on any atom is 0.242 e. The highest BCUT2D eigenvalue weighted by atomic mass is 32.2. The van der Waals surface area contributed by atoms with Crippen LogP contribution in [0.2, 0.25) is 0 Å². The minimum Gasteiger partial charge on any atom is -0.384 e. The van der Waals surface area contributed by atoms with Crippen molar-refractivity contribution in [3.05, 3.63) is 24.3 Å². The van der Waals surface area contributed by atoms with Crippen molar-refractivity contribution in [2.45, 2.75) is 24.7 Å². The summed E-state index contributed by atoms with van der Waals surface area (Å²) in [5, 5.41) is 2.98. The molecule has 0 amide bonds. The number of anilines is 1. The first kappa shape index (κ1) is 17.9. The number of benzene rings is 1. The zero-order valence-corrected chi connectivity index (χ0v) is 13.9. The third-order valence-electron chi connectivity index (χ3n) is 2.73. The second kappa shape index (κ2) is 7.77. The van der Waals surface area contributed by atoms with Gasteiger partial charge in [-0.25, -0.2) is 21.6 Å². The van der Waals surface area contributed by atoms with E-state index >= 15 is 0 Å². The lowest BCUT2D eigenvalue weighted by Gasteiger charge is -2.12. The summed E-state index contributed by atoms with van der Waals surface area (Å²) >= 11 is 0. The van der Waals surface area contributed by atoms with Gasteiger partial charge in [0.05, 0.1) is 11.4 Å². The Labute approximate surface area is 126 Å². The number of sulfone groups is 1. The van der Waals surface area contributed by atoms with E-state index < -0.39 is 19.9 Å². The number of sulfonamides is 1. The van der Waals surface area contributed by atoms with Crippen LogP contribution in [0.4, 0.5) is 5.69 Å². The highest BCUT2D eigenvalue weighted by molar-refractivity contribution is 7.90. The zero-order chi connectivity index (χ0) is 15.9. The Morgan fingerprint density at radius 2 is 1.71 bits per heavy atom. The average molecular weight is 334 g/mol. The molecule has 0 saturated carbocycles. The molecule has 0 atom stereocenters. The lowest BCUT2D eigenvalue weighted by atomic mass is 10.3. The van der Waals surface area contributed by atoms with Gasteiger partial charge >= 0.3 is 0 Å². The Kier molecular flexibility index (Phi) is 6.63. The smallest absolute Gasteiger partial charge is 0.242 e. The largest absolute Gasteiger partial charge is 0.384 e. The third kappa shape index (κ3) is 6.45. The van der Waals surface area contributed by atoms with Gasteiger partial charge in [-0.05, 0) is 25.0 Å². The molecule has 2 N–H and O–H groups in total. The molecule has 8 heteroatoms. The minimum absolute atomic E-state index is 0.0724. The van der Waals surface area contributed by atoms with Crippen molar-refractivity contribution in [1.82, 2.24) is 4.72 Å². The summed E-state index contributed by atoms with van der Waals surface area (Å²) in [7, 11) is -6.55. The SMILES string of the molecule is CCCNS(=O)(=O)c1ccccc1NCCCS(C)(=O)=O. The van der Waals surface area contributed by atoms with Crippen molar-refractivity contribution in [3.8, 4) is 0 Å². The normalized spacial score (nSPS) is 12.3. The molecule has 0 aliphatic carbocycles. The maximum absolute atomic E-state index is 12.2. The van der Waals surface area contributed by atoms with Gasteiger partial charge in [0.1, 0.15) is 14.7 Å². The van der Waals surface area contributed by atoms with Crippen molar-refractivity contribution < 1.29 is 16.8 Å². The molecule has 0 aliphatic rings. The molecule has 1 aromatic rings. The topological polar surface area (TPSA) is 92.3 Å². The molecule has 0 spiro atoms. The molecule has 6 nitrogen and oxygen atoms in total. The van der Waals surface area contributed by atoms with Crippen LogP contribution in [0.3, 0.4) is 0 Å². The van der Waals surface area contributed by atoms with E-state index in [2.05, 4.69) is 10.0 Å². The highest BCUT2D eigenvalue weighted by Crippen LogP contribution is 2.20. The molecule has 120 valence electrons. The lowest BCUT2D eigenvalue weighted by molar-refractivity contribution is 0.580. The fourth-order valence-corrected chi connectivity index (χ4v) is 3.70. The standard InChI is InChI=1S/C13H22N2O4S2/c1-3-9-15-21(18,19)13-8-5-4-7-12(13)14-10-6-11-20(2,16)17/h4-5,7-8,14-15H,3,6,9-11H2,1-2H3. The van der Waals surface area contributed by atoms with E-state index in [4.69, 9.17) is 0 Å². The predicted molar refractivity (Wildman–Crippen MR) is 84.7 cm³/mol. The number of nitrogens with one attached hydrogen (secondary N) is 2. The summed E-state index contributed by atoms with van der Waals surface area (Å²) in [6.45, 7) is 2.66. The average Bonchev–Trinajstić information content (AvgIpc) is 2.41. The van der Waals surface area contributed by atoms with Gasteiger partial charge in [-0.2, -0.15) is 0 Å². The van der Waals surface area contributed by atoms with Gasteiger partial charge in [0, 0.05) is 19.3 Å². The van der Waals surface area contributed by atoms with E-state index in [1.165, 1.54) is 12.3 Å². The van der Waals surface area contributed by atoms with E-state index in [9.17, 15) is 16.8 Å². The Bertz CT molecular complexity index is 655. The van der Waals surface area contributed by atoms with Gasteiger partial charge in [0.2, 0.25) is 10.0 Å². The monoisotopic (exact) mass is 334 g/mol. The summed E-state index contributed by atoms with van der Waals surface area (Å²) in [6.07, 6.45) is 2.32. The molecule has 21 heavy (non-hydrogen) atoms. The fourth-order valence-electron chi connectivity index (χ4n) is 1.72. The minimum atomic E-state index is -3.55. The summed E-state index contributed by atoms with van der Waals surface area (Å²) in [6, 6.07) is 6.58. The van der Waals surface area contributed by atoms with Crippen molar-refractivity contribution in [2.75, 3.05) is 30.4 Å². The molecule has 0 unspecified atom stereocenters. The molecule has 0 saturated heterocycles.